The molecule has 0 saturated heterocycles. The topological polar surface area (TPSA) is 51.5 Å². The van der Waals surface area contributed by atoms with Gasteiger partial charge in [0.2, 0.25) is 0 Å². The average Bonchev–Trinajstić information content (AvgIpc) is 3.13. The Balaban J connectivity index is 1.70. The highest BCUT2D eigenvalue weighted by molar-refractivity contribution is 5.94. The Labute approximate surface area is 147 Å². The number of alkyl halides is 3. The average molecular weight is 361 g/mol. The maximum Gasteiger partial charge on any atom is 0.416 e. The summed E-state index contributed by atoms with van der Waals surface area (Å²) in [6.07, 6.45) is -2.95. The third kappa shape index (κ3) is 4.44. The van der Waals surface area contributed by atoms with Crippen molar-refractivity contribution in [1.82, 2.24) is 5.32 Å². The Bertz CT molecular complexity index is 889. The quantitative estimate of drug-likeness (QED) is 0.694. The van der Waals surface area contributed by atoms with E-state index in [4.69, 9.17) is 9.15 Å². The van der Waals surface area contributed by atoms with E-state index in [0.29, 0.717) is 11.3 Å². The molecule has 3 aromatic rings. The van der Waals surface area contributed by atoms with Crippen LogP contribution in [0.1, 0.15) is 21.7 Å². The van der Waals surface area contributed by atoms with Gasteiger partial charge in [0, 0.05) is 5.56 Å². The predicted molar refractivity (Wildman–Crippen MR) is 87.8 cm³/mol. The number of nitrogens with one attached hydrogen (secondary N) is 1. The van der Waals surface area contributed by atoms with Gasteiger partial charge in [-0.1, -0.05) is 12.1 Å². The van der Waals surface area contributed by atoms with Crippen molar-refractivity contribution in [3.05, 3.63) is 83.8 Å². The van der Waals surface area contributed by atoms with Gasteiger partial charge in [0.15, 0.2) is 0 Å². The van der Waals surface area contributed by atoms with E-state index >= 15 is 0 Å². The molecule has 0 spiro atoms. The summed E-state index contributed by atoms with van der Waals surface area (Å²) in [6.45, 7) is 0.227. The van der Waals surface area contributed by atoms with Crippen molar-refractivity contribution < 1.29 is 27.1 Å². The highest BCUT2D eigenvalue weighted by atomic mass is 19.4. The lowest BCUT2D eigenvalue weighted by Crippen LogP contribution is -2.22. The van der Waals surface area contributed by atoms with Crippen molar-refractivity contribution in [1.29, 1.82) is 0 Å². The van der Waals surface area contributed by atoms with Gasteiger partial charge in [-0.15, -0.1) is 0 Å². The number of rotatable bonds is 5. The van der Waals surface area contributed by atoms with E-state index in [-0.39, 0.29) is 24.0 Å². The molecule has 1 heterocycles. The molecule has 0 atom stereocenters. The third-order valence-corrected chi connectivity index (χ3v) is 3.50. The zero-order valence-electron chi connectivity index (χ0n) is 13.4. The minimum absolute atomic E-state index is 0.0352. The second-order valence-corrected chi connectivity index (χ2v) is 5.42. The molecule has 0 aliphatic rings. The summed E-state index contributed by atoms with van der Waals surface area (Å²) in [5, 5.41) is 2.68. The van der Waals surface area contributed by atoms with Crippen LogP contribution in [0.3, 0.4) is 0 Å². The van der Waals surface area contributed by atoms with Gasteiger partial charge in [-0.2, -0.15) is 13.2 Å². The molecule has 0 bridgehead atoms. The van der Waals surface area contributed by atoms with Crippen LogP contribution in [0.2, 0.25) is 0 Å². The van der Waals surface area contributed by atoms with E-state index < -0.39 is 11.7 Å². The Morgan fingerprint density at radius 2 is 1.73 bits per heavy atom. The van der Waals surface area contributed by atoms with Gasteiger partial charge in [-0.25, -0.2) is 0 Å². The number of carbonyl (C=O) groups is 1. The Morgan fingerprint density at radius 1 is 1.00 bits per heavy atom. The van der Waals surface area contributed by atoms with Gasteiger partial charge < -0.3 is 14.5 Å². The van der Waals surface area contributed by atoms with Crippen molar-refractivity contribution in [3.63, 3.8) is 0 Å². The summed E-state index contributed by atoms with van der Waals surface area (Å²) < 4.78 is 48.9. The molecule has 0 aliphatic heterocycles. The third-order valence-electron chi connectivity index (χ3n) is 3.50. The number of amides is 1. The summed E-state index contributed by atoms with van der Waals surface area (Å²) in [5.41, 5.74) is -0.483. The number of hydrogen-bond acceptors (Lipinski definition) is 3. The van der Waals surface area contributed by atoms with E-state index in [1.165, 1.54) is 24.5 Å². The number of hydrogen-bond donors (Lipinski definition) is 1. The van der Waals surface area contributed by atoms with Gasteiger partial charge in [0.25, 0.3) is 5.91 Å². The maximum absolute atomic E-state index is 12.8. The standard InChI is InChI=1S/C19H14F3NO3/c20-19(21,22)14-5-2-7-16(11-14)26-15-6-1-4-13(10-15)18(24)23-12-17-8-3-9-25-17/h1-11H,12H2,(H,23,24). The molecular weight excluding hydrogens is 347 g/mol. The van der Waals surface area contributed by atoms with E-state index in [0.717, 1.165) is 12.1 Å². The monoisotopic (exact) mass is 361 g/mol. The lowest BCUT2D eigenvalue weighted by atomic mass is 10.2. The molecular formula is C19H14F3NO3. The zero-order chi connectivity index (χ0) is 18.6. The van der Waals surface area contributed by atoms with Gasteiger partial charge in [0.1, 0.15) is 17.3 Å². The molecule has 0 fully saturated rings. The number of carbonyl (C=O) groups excluding carboxylic acids is 1. The molecule has 1 amide bonds. The largest absolute Gasteiger partial charge is 0.467 e. The number of ether oxygens (including phenoxy) is 1. The van der Waals surface area contributed by atoms with E-state index in [2.05, 4.69) is 5.32 Å². The summed E-state index contributed by atoms with van der Waals surface area (Å²) in [4.78, 5) is 12.2. The van der Waals surface area contributed by atoms with Gasteiger partial charge >= 0.3 is 6.18 Å². The molecule has 1 aromatic heterocycles. The highest BCUT2D eigenvalue weighted by Gasteiger charge is 2.30. The molecule has 0 saturated carbocycles. The minimum atomic E-state index is -4.45. The van der Waals surface area contributed by atoms with Crippen molar-refractivity contribution in [2.24, 2.45) is 0 Å². The lowest BCUT2D eigenvalue weighted by Gasteiger charge is -2.11. The van der Waals surface area contributed by atoms with Crippen LogP contribution in [-0.4, -0.2) is 5.91 Å². The van der Waals surface area contributed by atoms with Gasteiger partial charge in [-0.3, -0.25) is 4.79 Å². The van der Waals surface area contributed by atoms with E-state index in [9.17, 15) is 18.0 Å². The smallest absolute Gasteiger partial charge is 0.416 e. The zero-order valence-corrected chi connectivity index (χ0v) is 13.4. The number of halogens is 3. The molecule has 7 heteroatoms. The first kappa shape index (κ1) is 17.6. The molecule has 1 N–H and O–H groups in total. The maximum atomic E-state index is 12.8. The molecule has 3 rings (SSSR count). The number of furan rings is 1. The summed E-state index contributed by atoms with van der Waals surface area (Å²) in [6, 6.07) is 14.2. The van der Waals surface area contributed by atoms with Gasteiger partial charge in [-0.05, 0) is 48.5 Å². The van der Waals surface area contributed by atoms with Crippen LogP contribution in [0.15, 0.2) is 71.3 Å². The fourth-order valence-electron chi connectivity index (χ4n) is 2.26. The second-order valence-electron chi connectivity index (χ2n) is 5.42. The van der Waals surface area contributed by atoms with E-state index in [1.807, 2.05) is 0 Å². The first-order valence-corrected chi connectivity index (χ1v) is 7.67. The van der Waals surface area contributed by atoms with Crippen LogP contribution in [0, 0.1) is 0 Å². The Morgan fingerprint density at radius 3 is 2.42 bits per heavy atom. The van der Waals surface area contributed by atoms with Crippen LogP contribution in [-0.2, 0) is 12.7 Å². The van der Waals surface area contributed by atoms with Crippen LogP contribution >= 0.6 is 0 Å². The van der Waals surface area contributed by atoms with Crippen molar-refractivity contribution in [2.75, 3.05) is 0 Å². The first-order chi connectivity index (χ1) is 12.4. The predicted octanol–water partition coefficient (Wildman–Crippen LogP) is 5.02. The Hall–Kier alpha value is -3.22. The first-order valence-electron chi connectivity index (χ1n) is 7.67. The highest BCUT2D eigenvalue weighted by Crippen LogP contribution is 2.32. The molecule has 2 aromatic carbocycles. The van der Waals surface area contributed by atoms with Crippen LogP contribution in [0.4, 0.5) is 13.2 Å². The molecule has 0 unspecified atom stereocenters. The molecule has 134 valence electrons. The van der Waals surface area contributed by atoms with Gasteiger partial charge in [0.05, 0.1) is 18.4 Å². The van der Waals surface area contributed by atoms with Crippen LogP contribution in [0.5, 0.6) is 11.5 Å². The van der Waals surface area contributed by atoms with Crippen LogP contribution < -0.4 is 10.1 Å². The normalized spacial score (nSPS) is 11.2. The summed E-state index contributed by atoms with van der Waals surface area (Å²) in [7, 11) is 0. The Kier molecular flexibility index (Phi) is 4.97. The SMILES string of the molecule is O=C(NCc1ccco1)c1cccc(Oc2cccc(C(F)(F)F)c2)c1. The van der Waals surface area contributed by atoms with Crippen molar-refractivity contribution in [3.8, 4) is 11.5 Å². The molecule has 0 radical (unpaired) electrons. The fourth-order valence-corrected chi connectivity index (χ4v) is 2.26. The van der Waals surface area contributed by atoms with Crippen molar-refractivity contribution >= 4 is 5.91 Å². The fraction of sp³-hybridized carbons (Fsp3) is 0.105. The minimum Gasteiger partial charge on any atom is -0.467 e. The van der Waals surface area contributed by atoms with Crippen LogP contribution in [0.25, 0.3) is 0 Å². The van der Waals surface area contributed by atoms with Crippen molar-refractivity contribution in [2.45, 2.75) is 12.7 Å². The molecule has 26 heavy (non-hydrogen) atoms. The molecule has 4 nitrogen and oxygen atoms in total. The molecule has 0 aliphatic carbocycles. The summed E-state index contributed by atoms with van der Waals surface area (Å²) in [5.74, 6) is 0.550. The number of benzene rings is 2. The van der Waals surface area contributed by atoms with E-state index in [1.54, 1.807) is 30.3 Å². The second kappa shape index (κ2) is 7.35. The lowest BCUT2D eigenvalue weighted by molar-refractivity contribution is -0.137. The summed E-state index contributed by atoms with van der Waals surface area (Å²) >= 11 is 0.